The molecule has 1 aromatic rings. The van der Waals surface area contributed by atoms with Gasteiger partial charge in [0.15, 0.2) is 6.23 Å². The molecule has 1 saturated heterocycles. The van der Waals surface area contributed by atoms with Crippen LogP contribution in [0.15, 0.2) is 12.1 Å². The first-order valence-electron chi connectivity index (χ1n) is 9.77. The Morgan fingerprint density at radius 3 is 2.73 bits per heavy atom. The second-order valence-electron chi connectivity index (χ2n) is 8.29. The molecule has 26 heavy (non-hydrogen) atoms. The number of hydrogen-bond donors (Lipinski definition) is 3. The van der Waals surface area contributed by atoms with E-state index < -0.39 is 6.23 Å². The van der Waals surface area contributed by atoms with Crippen molar-refractivity contribution in [3.63, 3.8) is 0 Å². The fourth-order valence-electron chi connectivity index (χ4n) is 5.19. The summed E-state index contributed by atoms with van der Waals surface area (Å²) in [4.78, 5) is 2.55. The smallest absolute Gasteiger partial charge is 0.152 e. The van der Waals surface area contributed by atoms with Gasteiger partial charge in [-0.15, -0.1) is 0 Å². The molecule has 0 bridgehead atoms. The Kier molecular flexibility index (Phi) is 5.05. The molecule has 1 aromatic carbocycles. The normalized spacial score (nSPS) is 27.2. The number of aliphatic hydroxyl groups excluding tert-OH is 1. The van der Waals surface area contributed by atoms with Crippen molar-refractivity contribution >= 4 is 0 Å². The molecule has 2 aliphatic heterocycles. The number of nitrogens with zero attached hydrogens (tertiary/aromatic N) is 1. The average Bonchev–Trinajstić information content (AvgIpc) is 2.65. The minimum atomic E-state index is -1.26. The van der Waals surface area contributed by atoms with Gasteiger partial charge in [0.05, 0.1) is 0 Å². The molecule has 1 spiro atoms. The van der Waals surface area contributed by atoms with Crippen LogP contribution >= 0.6 is 0 Å². The molecule has 1 saturated carbocycles. The summed E-state index contributed by atoms with van der Waals surface area (Å²) in [6, 6.07) is 4.08. The predicted molar refractivity (Wildman–Crippen MR) is 95.1 cm³/mol. The third-order valence-electron chi connectivity index (χ3n) is 6.84. The van der Waals surface area contributed by atoms with Gasteiger partial charge in [0, 0.05) is 37.4 Å². The summed E-state index contributed by atoms with van der Waals surface area (Å²) < 4.78 is 20.1. The topological polar surface area (TPSA) is 65.0 Å². The summed E-state index contributed by atoms with van der Waals surface area (Å²) >= 11 is 0. The molecule has 144 valence electrons. The fourth-order valence-corrected chi connectivity index (χ4v) is 5.19. The second-order valence-corrected chi connectivity index (χ2v) is 8.29. The van der Waals surface area contributed by atoms with E-state index in [9.17, 15) is 9.50 Å². The number of fused-ring (bicyclic) bond motifs is 1. The Labute approximate surface area is 154 Å². The van der Waals surface area contributed by atoms with Crippen molar-refractivity contribution < 1.29 is 19.4 Å². The van der Waals surface area contributed by atoms with Crippen molar-refractivity contribution in [3.05, 3.63) is 34.6 Å². The van der Waals surface area contributed by atoms with Gasteiger partial charge in [0.2, 0.25) is 0 Å². The first-order chi connectivity index (χ1) is 12.5. The molecule has 2 atom stereocenters. The molecule has 2 fully saturated rings. The standard InChI is InChI=1S/C20H29FN2O3/c1-2-15-9-17-14(7-13(8-18(17)21)19(24)22-25)12-23(15)16-10-20(11-16)3-5-26-6-4-20/h7-8,15-16,19,22,24-25H,2-6,9-12H2,1H3/t15-,19?/m0/s1. The second kappa shape index (κ2) is 7.17. The molecular formula is C20H29FN2O3. The highest BCUT2D eigenvalue weighted by Gasteiger charge is 2.48. The molecule has 0 amide bonds. The number of rotatable bonds is 4. The van der Waals surface area contributed by atoms with Gasteiger partial charge in [-0.1, -0.05) is 6.92 Å². The summed E-state index contributed by atoms with van der Waals surface area (Å²) in [6.45, 7) is 4.66. The highest BCUT2D eigenvalue weighted by Crippen LogP contribution is 2.52. The summed E-state index contributed by atoms with van der Waals surface area (Å²) in [5.74, 6) is -0.278. The Bertz CT molecular complexity index is 655. The molecule has 2 heterocycles. The molecule has 0 radical (unpaired) electrons. The Balaban J connectivity index is 1.54. The minimum absolute atomic E-state index is 0.278. The van der Waals surface area contributed by atoms with Crippen LogP contribution in [0, 0.1) is 11.2 Å². The summed E-state index contributed by atoms with van der Waals surface area (Å²) in [5, 5.41) is 18.7. The number of hydroxylamine groups is 1. The van der Waals surface area contributed by atoms with Crippen LogP contribution < -0.4 is 5.48 Å². The van der Waals surface area contributed by atoms with Crippen LogP contribution in [-0.4, -0.2) is 40.5 Å². The van der Waals surface area contributed by atoms with Gasteiger partial charge in [0.25, 0.3) is 0 Å². The maximum atomic E-state index is 14.6. The largest absolute Gasteiger partial charge is 0.381 e. The van der Waals surface area contributed by atoms with Crippen molar-refractivity contribution in [1.82, 2.24) is 10.4 Å². The van der Waals surface area contributed by atoms with Gasteiger partial charge >= 0.3 is 0 Å². The summed E-state index contributed by atoms with van der Waals surface area (Å²) in [5.41, 5.74) is 4.33. The Morgan fingerprint density at radius 2 is 2.08 bits per heavy atom. The van der Waals surface area contributed by atoms with E-state index >= 15 is 0 Å². The third-order valence-corrected chi connectivity index (χ3v) is 6.84. The zero-order chi connectivity index (χ0) is 18.3. The quantitative estimate of drug-likeness (QED) is 0.566. The maximum Gasteiger partial charge on any atom is 0.152 e. The van der Waals surface area contributed by atoms with Gasteiger partial charge in [-0.25, -0.2) is 4.39 Å². The van der Waals surface area contributed by atoms with Gasteiger partial charge in [-0.3, -0.25) is 4.90 Å². The van der Waals surface area contributed by atoms with Crippen molar-refractivity contribution in [2.75, 3.05) is 13.2 Å². The summed E-state index contributed by atoms with van der Waals surface area (Å²) in [7, 11) is 0. The van der Waals surface area contributed by atoms with E-state index in [-0.39, 0.29) is 5.82 Å². The number of aliphatic hydroxyl groups is 1. The lowest BCUT2D eigenvalue weighted by atomic mass is 9.60. The number of ether oxygens (including phenoxy) is 1. The van der Waals surface area contributed by atoms with E-state index in [0.29, 0.717) is 36.0 Å². The van der Waals surface area contributed by atoms with Gasteiger partial charge in [-0.2, -0.15) is 5.48 Å². The van der Waals surface area contributed by atoms with Gasteiger partial charge in [0.1, 0.15) is 5.82 Å². The number of nitrogens with one attached hydrogen (secondary N) is 1. The van der Waals surface area contributed by atoms with Crippen LogP contribution in [0.2, 0.25) is 0 Å². The van der Waals surface area contributed by atoms with E-state index in [4.69, 9.17) is 9.94 Å². The summed E-state index contributed by atoms with van der Waals surface area (Å²) in [6.07, 6.45) is 5.22. The number of benzene rings is 1. The van der Waals surface area contributed by atoms with Gasteiger partial charge < -0.3 is 15.1 Å². The third kappa shape index (κ3) is 3.18. The lowest BCUT2D eigenvalue weighted by Gasteiger charge is -2.56. The zero-order valence-electron chi connectivity index (χ0n) is 15.4. The Morgan fingerprint density at radius 1 is 1.35 bits per heavy atom. The fraction of sp³-hybridized carbons (Fsp3) is 0.700. The van der Waals surface area contributed by atoms with Crippen molar-refractivity contribution in [2.45, 2.75) is 70.3 Å². The Hall–Kier alpha value is -1.05. The minimum Gasteiger partial charge on any atom is -0.381 e. The molecule has 6 heteroatoms. The molecule has 1 unspecified atom stereocenters. The molecule has 1 aliphatic carbocycles. The highest BCUT2D eigenvalue weighted by atomic mass is 19.1. The van der Waals surface area contributed by atoms with Crippen LogP contribution in [0.5, 0.6) is 0 Å². The molecular weight excluding hydrogens is 335 g/mol. The van der Waals surface area contributed by atoms with Crippen LogP contribution in [0.1, 0.15) is 61.9 Å². The van der Waals surface area contributed by atoms with Crippen LogP contribution in [0.25, 0.3) is 0 Å². The van der Waals surface area contributed by atoms with E-state index in [0.717, 1.165) is 43.6 Å². The molecule has 3 N–H and O–H groups in total. The van der Waals surface area contributed by atoms with Crippen molar-refractivity contribution in [1.29, 1.82) is 0 Å². The average molecular weight is 364 g/mol. The van der Waals surface area contributed by atoms with Crippen LogP contribution in [0.3, 0.4) is 0 Å². The van der Waals surface area contributed by atoms with Crippen molar-refractivity contribution in [2.24, 2.45) is 5.41 Å². The van der Waals surface area contributed by atoms with Crippen LogP contribution in [-0.2, 0) is 17.7 Å². The lowest BCUT2D eigenvalue weighted by molar-refractivity contribution is -0.0902. The maximum absolute atomic E-state index is 14.6. The SMILES string of the molecule is CC[C@H]1Cc2c(F)cc(C(O)NO)cc2CN1C1CC2(CCOCC2)C1. The first-order valence-corrected chi connectivity index (χ1v) is 9.77. The molecule has 4 rings (SSSR count). The highest BCUT2D eigenvalue weighted by molar-refractivity contribution is 5.37. The zero-order valence-corrected chi connectivity index (χ0v) is 15.4. The molecule has 5 nitrogen and oxygen atoms in total. The lowest BCUT2D eigenvalue weighted by Crippen LogP contribution is -2.57. The van der Waals surface area contributed by atoms with Crippen LogP contribution in [0.4, 0.5) is 4.39 Å². The van der Waals surface area contributed by atoms with E-state index in [2.05, 4.69) is 11.8 Å². The van der Waals surface area contributed by atoms with E-state index in [1.165, 1.54) is 18.9 Å². The molecule has 3 aliphatic rings. The van der Waals surface area contributed by atoms with Crippen molar-refractivity contribution in [3.8, 4) is 0 Å². The monoisotopic (exact) mass is 364 g/mol. The molecule has 0 aromatic heterocycles. The van der Waals surface area contributed by atoms with Gasteiger partial charge in [-0.05, 0) is 67.2 Å². The predicted octanol–water partition coefficient (Wildman–Crippen LogP) is 2.89. The van der Waals surface area contributed by atoms with E-state index in [1.807, 2.05) is 6.07 Å². The number of hydrogen-bond acceptors (Lipinski definition) is 5. The first kappa shape index (κ1) is 18.3. The number of halogens is 1. The van der Waals surface area contributed by atoms with E-state index in [1.54, 1.807) is 5.48 Å².